The summed E-state index contributed by atoms with van der Waals surface area (Å²) in [5.41, 5.74) is 4.36. The minimum absolute atomic E-state index is 0.0725. The van der Waals surface area contributed by atoms with E-state index < -0.39 is 11.8 Å². The van der Waals surface area contributed by atoms with Crippen LogP contribution in [0.15, 0.2) is 47.3 Å². The molecule has 0 radical (unpaired) electrons. The minimum Gasteiger partial charge on any atom is -0.463 e. The molecule has 0 spiro atoms. The molecule has 4 aromatic rings. The third-order valence-corrected chi connectivity index (χ3v) is 7.41. The largest absolute Gasteiger partial charge is 0.463 e. The molecule has 0 bridgehead atoms. The molecule has 3 aromatic heterocycles. The molecule has 0 saturated carbocycles. The van der Waals surface area contributed by atoms with Gasteiger partial charge in [0.05, 0.1) is 28.3 Å². The number of carbonyl (C=O) groups is 3. The molecule has 2 aliphatic rings. The Balaban J connectivity index is 1.55. The summed E-state index contributed by atoms with van der Waals surface area (Å²) in [6.07, 6.45) is 5.81. The summed E-state index contributed by atoms with van der Waals surface area (Å²) in [5, 5.41) is 4.16. The Morgan fingerprint density at radius 2 is 1.79 bits per heavy atom. The lowest BCUT2D eigenvalue weighted by Crippen LogP contribution is -2.39. The van der Waals surface area contributed by atoms with Crippen molar-refractivity contribution in [3.05, 3.63) is 59.6 Å². The van der Waals surface area contributed by atoms with E-state index in [4.69, 9.17) is 4.42 Å². The lowest BCUT2D eigenvalue weighted by atomic mass is 9.95. The SMILES string of the molecule is CC(C)C(=O)N1CCc2cccc3c(C4=C(c5cnc(N(C)C)c6ccoc56)C(=O)NC4=O)cn(c23)CC1. The quantitative estimate of drug-likeness (QED) is 0.421. The van der Waals surface area contributed by atoms with Crippen LogP contribution in [0.4, 0.5) is 5.82 Å². The van der Waals surface area contributed by atoms with Crippen molar-refractivity contribution in [1.82, 2.24) is 19.8 Å². The van der Waals surface area contributed by atoms with Gasteiger partial charge in [-0.15, -0.1) is 0 Å². The van der Waals surface area contributed by atoms with Gasteiger partial charge in [0, 0.05) is 68.6 Å². The van der Waals surface area contributed by atoms with E-state index in [0.29, 0.717) is 54.2 Å². The molecule has 38 heavy (non-hydrogen) atoms. The zero-order valence-corrected chi connectivity index (χ0v) is 21.9. The maximum atomic E-state index is 13.3. The number of anilines is 1. The highest BCUT2D eigenvalue weighted by Crippen LogP contribution is 2.40. The fraction of sp³-hybridized carbons (Fsp3) is 0.310. The molecular weight excluding hydrogens is 482 g/mol. The predicted molar refractivity (Wildman–Crippen MR) is 145 cm³/mol. The zero-order valence-electron chi connectivity index (χ0n) is 21.9. The van der Waals surface area contributed by atoms with Crippen LogP contribution in [0, 0.1) is 5.92 Å². The van der Waals surface area contributed by atoms with Gasteiger partial charge in [0.1, 0.15) is 11.4 Å². The van der Waals surface area contributed by atoms with Gasteiger partial charge in [-0.05, 0) is 18.1 Å². The summed E-state index contributed by atoms with van der Waals surface area (Å²) in [7, 11) is 3.78. The topological polar surface area (TPSA) is 101 Å². The molecule has 5 heterocycles. The van der Waals surface area contributed by atoms with Crippen LogP contribution in [0.3, 0.4) is 0 Å². The van der Waals surface area contributed by atoms with Gasteiger partial charge in [-0.2, -0.15) is 0 Å². The average Bonchev–Trinajstić information content (AvgIpc) is 3.57. The van der Waals surface area contributed by atoms with Crippen molar-refractivity contribution < 1.29 is 18.8 Å². The molecule has 0 fully saturated rings. The molecule has 0 unspecified atom stereocenters. The van der Waals surface area contributed by atoms with Gasteiger partial charge in [-0.3, -0.25) is 19.7 Å². The molecule has 0 saturated heterocycles. The van der Waals surface area contributed by atoms with Gasteiger partial charge in [-0.1, -0.05) is 32.0 Å². The first-order chi connectivity index (χ1) is 18.3. The van der Waals surface area contributed by atoms with Crippen LogP contribution in [0.25, 0.3) is 33.0 Å². The number of carbonyl (C=O) groups excluding carboxylic acids is 3. The lowest BCUT2D eigenvalue weighted by Gasteiger charge is -2.27. The second kappa shape index (κ2) is 8.86. The first kappa shape index (κ1) is 24.0. The van der Waals surface area contributed by atoms with Gasteiger partial charge in [-0.25, -0.2) is 4.98 Å². The summed E-state index contributed by atoms with van der Waals surface area (Å²) in [6, 6.07) is 7.83. The molecule has 1 aromatic carbocycles. The number of rotatable bonds is 4. The molecular formula is C29H29N5O4. The highest BCUT2D eigenvalue weighted by molar-refractivity contribution is 6.50. The second-order valence-electron chi connectivity index (χ2n) is 10.4. The fourth-order valence-electron chi connectivity index (χ4n) is 5.65. The third kappa shape index (κ3) is 3.60. The molecule has 6 rings (SSSR count). The zero-order chi connectivity index (χ0) is 26.7. The summed E-state index contributed by atoms with van der Waals surface area (Å²) in [4.78, 5) is 47.6. The number of pyridine rings is 1. The Morgan fingerprint density at radius 3 is 2.53 bits per heavy atom. The molecule has 194 valence electrons. The Morgan fingerprint density at radius 1 is 1.03 bits per heavy atom. The smallest absolute Gasteiger partial charge is 0.259 e. The Bertz CT molecular complexity index is 1670. The predicted octanol–water partition coefficient (Wildman–Crippen LogP) is 3.46. The fourth-order valence-corrected chi connectivity index (χ4v) is 5.65. The summed E-state index contributed by atoms with van der Waals surface area (Å²) >= 11 is 0. The maximum absolute atomic E-state index is 13.3. The van der Waals surface area contributed by atoms with E-state index in [1.807, 2.05) is 62.1 Å². The van der Waals surface area contributed by atoms with E-state index in [1.165, 1.54) is 0 Å². The molecule has 9 heteroatoms. The Hall–Kier alpha value is -4.40. The Kier molecular flexibility index (Phi) is 5.59. The molecule has 2 aliphatic heterocycles. The van der Waals surface area contributed by atoms with E-state index in [2.05, 4.69) is 20.9 Å². The van der Waals surface area contributed by atoms with Crippen molar-refractivity contribution in [3.63, 3.8) is 0 Å². The van der Waals surface area contributed by atoms with Crippen LogP contribution in [-0.4, -0.2) is 59.4 Å². The van der Waals surface area contributed by atoms with E-state index >= 15 is 0 Å². The van der Waals surface area contributed by atoms with Gasteiger partial charge >= 0.3 is 0 Å². The van der Waals surface area contributed by atoms with Crippen molar-refractivity contribution in [2.24, 2.45) is 5.92 Å². The van der Waals surface area contributed by atoms with E-state index in [9.17, 15) is 14.4 Å². The number of benzene rings is 1. The van der Waals surface area contributed by atoms with Gasteiger partial charge < -0.3 is 18.8 Å². The standard InChI is InChI=1S/C29H29N5O4/c1-16(2)29(37)33-10-8-17-6-5-7-18-21(15-34(12-11-33)24(17)18)23-22(27(35)31-28(23)36)20-14-30-26(32(3)4)19-9-13-38-25(19)20/h5-7,9,13-16H,8,10-12H2,1-4H3,(H,31,35,36). The minimum atomic E-state index is -0.475. The summed E-state index contributed by atoms with van der Waals surface area (Å²) in [6.45, 7) is 5.64. The third-order valence-electron chi connectivity index (χ3n) is 7.41. The van der Waals surface area contributed by atoms with Crippen molar-refractivity contribution >= 4 is 56.6 Å². The number of nitrogens with one attached hydrogen (secondary N) is 1. The number of hydrogen-bond acceptors (Lipinski definition) is 6. The number of imide groups is 1. The highest BCUT2D eigenvalue weighted by Gasteiger charge is 2.36. The van der Waals surface area contributed by atoms with E-state index in [-0.39, 0.29) is 17.4 Å². The Labute approximate surface area is 219 Å². The monoisotopic (exact) mass is 511 g/mol. The van der Waals surface area contributed by atoms with Gasteiger partial charge in [0.2, 0.25) is 5.91 Å². The number of amides is 3. The maximum Gasteiger partial charge on any atom is 0.259 e. The van der Waals surface area contributed by atoms with Crippen LogP contribution in [-0.2, 0) is 27.3 Å². The van der Waals surface area contributed by atoms with Crippen LogP contribution in [0.2, 0.25) is 0 Å². The van der Waals surface area contributed by atoms with Crippen molar-refractivity contribution in [2.75, 3.05) is 32.1 Å². The van der Waals surface area contributed by atoms with E-state index in [1.54, 1.807) is 12.5 Å². The van der Waals surface area contributed by atoms with Crippen molar-refractivity contribution in [1.29, 1.82) is 0 Å². The number of aromatic nitrogens is 2. The van der Waals surface area contributed by atoms with Crippen LogP contribution in [0.1, 0.15) is 30.5 Å². The molecule has 3 amide bonds. The molecule has 0 aliphatic carbocycles. The van der Waals surface area contributed by atoms with Crippen LogP contribution < -0.4 is 10.2 Å². The number of furan rings is 1. The number of hydrogen-bond donors (Lipinski definition) is 1. The first-order valence-corrected chi connectivity index (χ1v) is 12.8. The summed E-state index contributed by atoms with van der Waals surface area (Å²) < 4.78 is 7.92. The van der Waals surface area contributed by atoms with Gasteiger partial charge in [0.15, 0.2) is 0 Å². The molecule has 0 atom stereocenters. The van der Waals surface area contributed by atoms with Crippen molar-refractivity contribution in [2.45, 2.75) is 26.8 Å². The van der Waals surface area contributed by atoms with Crippen molar-refractivity contribution in [3.8, 4) is 0 Å². The van der Waals surface area contributed by atoms with Crippen LogP contribution in [0.5, 0.6) is 0 Å². The molecule has 9 nitrogen and oxygen atoms in total. The molecule has 1 N–H and O–H groups in total. The summed E-state index contributed by atoms with van der Waals surface area (Å²) in [5.74, 6) is -0.148. The van der Waals surface area contributed by atoms with Gasteiger partial charge in [0.25, 0.3) is 11.8 Å². The van der Waals surface area contributed by atoms with E-state index in [0.717, 1.165) is 21.9 Å². The first-order valence-electron chi connectivity index (χ1n) is 12.8. The average molecular weight is 512 g/mol. The lowest BCUT2D eigenvalue weighted by molar-refractivity contribution is -0.134. The highest BCUT2D eigenvalue weighted by atomic mass is 16.3. The second-order valence-corrected chi connectivity index (χ2v) is 10.4. The number of para-hydroxylation sites is 1. The normalized spacial score (nSPS) is 16.0. The number of fused-ring (bicyclic) bond motifs is 1. The van der Waals surface area contributed by atoms with Crippen LogP contribution >= 0.6 is 0 Å². The number of nitrogens with zero attached hydrogens (tertiary/aromatic N) is 4.